The van der Waals surface area contributed by atoms with Gasteiger partial charge in [0.2, 0.25) is 10.0 Å². The number of primary sulfonamides is 1. The lowest BCUT2D eigenvalue weighted by Gasteiger charge is -2.21. The van der Waals surface area contributed by atoms with Crippen LogP contribution < -0.4 is 5.14 Å². The predicted octanol–water partition coefficient (Wildman–Crippen LogP) is 1.51. The minimum absolute atomic E-state index is 0.0108. The van der Waals surface area contributed by atoms with Crippen molar-refractivity contribution in [1.82, 2.24) is 4.90 Å². The van der Waals surface area contributed by atoms with Crippen LogP contribution in [0.15, 0.2) is 23.1 Å². The van der Waals surface area contributed by atoms with Crippen LogP contribution in [0.1, 0.15) is 35.7 Å². The summed E-state index contributed by atoms with van der Waals surface area (Å²) in [7, 11) is -3.80. The van der Waals surface area contributed by atoms with Crippen LogP contribution >= 0.6 is 0 Å². The molecule has 1 aromatic rings. The van der Waals surface area contributed by atoms with Gasteiger partial charge in [0.25, 0.3) is 5.91 Å². The van der Waals surface area contributed by atoms with E-state index in [0.29, 0.717) is 23.6 Å². The maximum Gasteiger partial charge on any atom is 0.253 e. The van der Waals surface area contributed by atoms with E-state index >= 15 is 0 Å². The van der Waals surface area contributed by atoms with Crippen LogP contribution in [0.3, 0.4) is 0 Å². The number of nitrogens with zero attached hydrogens (tertiary/aromatic N) is 1. The zero-order valence-corrected chi connectivity index (χ0v) is 12.6. The number of aryl methyl sites for hydroxylation is 1. The molecular formula is C14H20N2O3S. The van der Waals surface area contributed by atoms with Gasteiger partial charge < -0.3 is 4.90 Å². The first-order valence-corrected chi connectivity index (χ1v) is 8.29. The van der Waals surface area contributed by atoms with Gasteiger partial charge in [0.05, 0.1) is 4.90 Å². The number of benzene rings is 1. The van der Waals surface area contributed by atoms with Gasteiger partial charge in [0.1, 0.15) is 0 Å². The number of rotatable bonds is 5. The average molecular weight is 296 g/mol. The summed E-state index contributed by atoms with van der Waals surface area (Å²) in [6.45, 7) is 5.04. The fourth-order valence-corrected chi connectivity index (χ4v) is 2.83. The summed E-state index contributed by atoms with van der Waals surface area (Å²) >= 11 is 0. The molecule has 0 aliphatic heterocycles. The van der Waals surface area contributed by atoms with Gasteiger partial charge in [-0.2, -0.15) is 0 Å². The quantitative estimate of drug-likeness (QED) is 0.894. The summed E-state index contributed by atoms with van der Waals surface area (Å²) in [5.41, 5.74) is 1.10. The van der Waals surface area contributed by atoms with E-state index in [2.05, 4.69) is 0 Å². The molecule has 20 heavy (non-hydrogen) atoms. The van der Waals surface area contributed by atoms with Crippen LogP contribution in [-0.4, -0.2) is 32.3 Å². The highest BCUT2D eigenvalue weighted by Gasteiger charge is 2.27. The Hall–Kier alpha value is -1.40. The fraction of sp³-hybridized carbons (Fsp3) is 0.500. The van der Waals surface area contributed by atoms with Crippen molar-refractivity contribution in [2.75, 3.05) is 13.1 Å². The molecule has 0 spiro atoms. The van der Waals surface area contributed by atoms with Crippen LogP contribution in [0.2, 0.25) is 0 Å². The fourth-order valence-electron chi connectivity index (χ4n) is 2.19. The van der Waals surface area contributed by atoms with E-state index in [1.807, 2.05) is 6.92 Å². The molecule has 110 valence electrons. The second kappa shape index (κ2) is 5.54. The number of nitrogens with two attached hydrogens (primary N) is 1. The monoisotopic (exact) mass is 296 g/mol. The van der Waals surface area contributed by atoms with Gasteiger partial charge in [0, 0.05) is 18.7 Å². The van der Waals surface area contributed by atoms with Gasteiger partial charge in [-0.15, -0.1) is 0 Å². The Morgan fingerprint density at radius 3 is 2.50 bits per heavy atom. The molecular weight excluding hydrogens is 276 g/mol. The first kappa shape index (κ1) is 15.0. The highest BCUT2D eigenvalue weighted by molar-refractivity contribution is 7.89. The van der Waals surface area contributed by atoms with Gasteiger partial charge >= 0.3 is 0 Å². The van der Waals surface area contributed by atoms with Crippen molar-refractivity contribution in [2.24, 2.45) is 11.1 Å². The summed E-state index contributed by atoms with van der Waals surface area (Å²) in [6, 6.07) is 4.54. The first-order valence-electron chi connectivity index (χ1n) is 6.75. The largest absolute Gasteiger partial charge is 0.339 e. The number of amides is 1. The van der Waals surface area contributed by atoms with Crippen LogP contribution in [0, 0.1) is 12.8 Å². The van der Waals surface area contributed by atoms with Crippen LogP contribution in [0.5, 0.6) is 0 Å². The van der Waals surface area contributed by atoms with E-state index in [0.717, 1.165) is 6.54 Å². The Balaban J connectivity index is 2.30. The zero-order chi connectivity index (χ0) is 14.9. The molecule has 0 atom stereocenters. The van der Waals surface area contributed by atoms with Crippen molar-refractivity contribution < 1.29 is 13.2 Å². The second-order valence-corrected chi connectivity index (χ2v) is 6.93. The Morgan fingerprint density at radius 2 is 2.00 bits per heavy atom. The van der Waals surface area contributed by atoms with Gasteiger partial charge in [-0.1, -0.05) is 0 Å². The second-order valence-electron chi connectivity index (χ2n) is 5.37. The van der Waals surface area contributed by atoms with Gasteiger partial charge in [-0.25, -0.2) is 13.6 Å². The minimum atomic E-state index is -3.80. The molecule has 0 bridgehead atoms. The smallest absolute Gasteiger partial charge is 0.253 e. The summed E-state index contributed by atoms with van der Waals surface area (Å²) in [6.07, 6.45) is 2.33. The number of carbonyl (C=O) groups excluding carboxylic acids is 1. The number of hydrogen-bond donors (Lipinski definition) is 1. The third-order valence-electron chi connectivity index (χ3n) is 3.47. The van der Waals surface area contributed by atoms with Crippen molar-refractivity contribution in [2.45, 2.75) is 31.6 Å². The number of hydrogen-bond acceptors (Lipinski definition) is 3. The van der Waals surface area contributed by atoms with E-state index in [1.54, 1.807) is 17.9 Å². The molecule has 0 unspecified atom stereocenters. The standard InChI is InChI=1S/C14H20N2O3S/c1-3-16(9-11-4-5-11)14(17)12-6-10(2)7-13(8-12)20(15,18)19/h6-8,11H,3-5,9H2,1-2H3,(H2,15,18,19). The van der Waals surface area contributed by atoms with E-state index in [1.165, 1.54) is 25.0 Å². The highest BCUT2D eigenvalue weighted by atomic mass is 32.2. The van der Waals surface area contributed by atoms with E-state index < -0.39 is 10.0 Å². The van der Waals surface area contributed by atoms with Crippen LogP contribution in [0.4, 0.5) is 0 Å². The predicted molar refractivity (Wildman–Crippen MR) is 76.9 cm³/mol. The van der Waals surface area contributed by atoms with Crippen molar-refractivity contribution in [1.29, 1.82) is 0 Å². The molecule has 6 heteroatoms. The summed E-state index contributed by atoms with van der Waals surface area (Å²) in [5.74, 6) is 0.467. The normalized spacial score (nSPS) is 15.2. The topological polar surface area (TPSA) is 80.5 Å². The third-order valence-corrected chi connectivity index (χ3v) is 4.36. The highest BCUT2D eigenvalue weighted by Crippen LogP contribution is 2.30. The molecule has 2 rings (SSSR count). The molecule has 1 amide bonds. The molecule has 5 nitrogen and oxygen atoms in total. The molecule has 0 radical (unpaired) electrons. The van der Waals surface area contributed by atoms with E-state index in [-0.39, 0.29) is 10.8 Å². The lowest BCUT2D eigenvalue weighted by Crippen LogP contribution is -2.33. The molecule has 1 aromatic carbocycles. The lowest BCUT2D eigenvalue weighted by atomic mass is 10.1. The van der Waals surface area contributed by atoms with Crippen LogP contribution in [-0.2, 0) is 10.0 Å². The van der Waals surface area contributed by atoms with Crippen molar-refractivity contribution >= 4 is 15.9 Å². The molecule has 0 saturated heterocycles. The first-order chi connectivity index (χ1) is 9.31. The third kappa shape index (κ3) is 3.58. The van der Waals surface area contributed by atoms with E-state index in [4.69, 9.17) is 5.14 Å². The molecule has 1 fully saturated rings. The Bertz CT molecular complexity index is 621. The van der Waals surface area contributed by atoms with Crippen molar-refractivity contribution in [3.8, 4) is 0 Å². The van der Waals surface area contributed by atoms with Gasteiger partial charge in [-0.05, 0) is 56.4 Å². The number of carbonyl (C=O) groups is 1. The van der Waals surface area contributed by atoms with E-state index in [9.17, 15) is 13.2 Å². The average Bonchev–Trinajstić information content (AvgIpc) is 3.17. The molecule has 2 N–H and O–H groups in total. The molecule has 1 aliphatic rings. The Kier molecular flexibility index (Phi) is 4.15. The SMILES string of the molecule is CCN(CC1CC1)C(=O)c1cc(C)cc(S(N)(=O)=O)c1. The van der Waals surface area contributed by atoms with Crippen molar-refractivity contribution in [3.05, 3.63) is 29.3 Å². The van der Waals surface area contributed by atoms with Crippen molar-refractivity contribution in [3.63, 3.8) is 0 Å². The molecule has 0 heterocycles. The van der Waals surface area contributed by atoms with Gasteiger partial charge in [-0.3, -0.25) is 4.79 Å². The summed E-state index contributed by atoms with van der Waals surface area (Å²) in [4.78, 5) is 14.2. The maximum absolute atomic E-state index is 12.5. The molecule has 1 saturated carbocycles. The maximum atomic E-state index is 12.5. The Morgan fingerprint density at radius 1 is 1.35 bits per heavy atom. The summed E-state index contributed by atoms with van der Waals surface area (Å²) < 4.78 is 22.9. The summed E-state index contributed by atoms with van der Waals surface area (Å²) in [5, 5.41) is 5.14. The van der Waals surface area contributed by atoms with Crippen LogP contribution in [0.25, 0.3) is 0 Å². The minimum Gasteiger partial charge on any atom is -0.339 e. The lowest BCUT2D eigenvalue weighted by molar-refractivity contribution is 0.0756. The van der Waals surface area contributed by atoms with Gasteiger partial charge in [0.15, 0.2) is 0 Å². The Labute approximate surface area is 119 Å². The molecule has 1 aliphatic carbocycles. The molecule has 0 aromatic heterocycles. The zero-order valence-electron chi connectivity index (χ0n) is 11.8. The number of sulfonamides is 1.